The Morgan fingerprint density at radius 1 is 1.57 bits per heavy atom. The molecule has 0 aliphatic carbocycles. The van der Waals surface area contributed by atoms with E-state index in [0.29, 0.717) is 0 Å². The summed E-state index contributed by atoms with van der Waals surface area (Å²) in [4.78, 5) is 4.25. The molecule has 1 unspecified atom stereocenters. The van der Waals surface area contributed by atoms with Gasteiger partial charge in [-0.3, -0.25) is 0 Å². The third kappa shape index (κ3) is 2.14. The van der Waals surface area contributed by atoms with Gasteiger partial charge in [-0.1, -0.05) is 0 Å². The summed E-state index contributed by atoms with van der Waals surface area (Å²) in [5, 5.41) is 6.32. The molecule has 2 heterocycles. The molecule has 2 aromatic rings. The van der Waals surface area contributed by atoms with Crippen LogP contribution < -0.4 is 5.32 Å². The van der Waals surface area contributed by atoms with Gasteiger partial charge in [-0.15, -0.1) is 11.3 Å². The van der Waals surface area contributed by atoms with Crippen LogP contribution in [0.3, 0.4) is 0 Å². The molecule has 0 aliphatic rings. The maximum absolute atomic E-state index is 4.25. The Morgan fingerprint density at radius 3 is 3.07 bits per heavy atom. The van der Waals surface area contributed by atoms with E-state index >= 15 is 0 Å². The zero-order valence-electron chi connectivity index (χ0n) is 7.67. The first-order valence-electron chi connectivity index (χ1n) is 4.23. The van der Waals surface area contributed by atoms with E-state index in [1.165, 1.54) is 11.7 Å². The van der Waals surface area contributed by atoms with E-state index in [9.17, 15) is 0 Å². The molecular weight excluding hydrogens is 216 g/mol. The first kappa shape index (κ1) is 9.70. The predicted molar refractivity (Wildman–Crippen MR) is 57.5 cm³/mol. The van der Waals surface area contributed by atoms with Crippen molar-refractivity contribution in [2.45, 2.75) is 12.5 Å². The number of likely N-dealkylation sites (N-methyl/N-ethyl adjacent to an activating group) is 1. The van der Waals surface area contributed by atoms with Crippen LogP contribution in [0.4, 0.5) is 0 Å². The lowest BCUT2D eigenvalue weighted by atomic mass is 10.1. The molecule has 14 heavy (non-hydrogen) atoms. The van der Waals surface area contributed by atoms with Crippen LogP contribution in [0.2, 0.25) is 0 Å². The third-order valence-electron chi connectivity index (χ3n) is 1.95. The fourth-order valence-corrected chi connectivity index (χ4v) is 2.34. The number of rotatable bonds is 4. The SMILES string of the molecule is CNC(Cc1nccs1)c1cnsn1. The molecular formula is C8H10N4S2. The lowest BCUT2D eigenvalue weighted by Gasteiger charge is -2.10. The van der Waals surface area contributed by atoms with Gasteiger partial charge in [-0.25, -0.2) is 4.98 Å². The second kappa shape index (κ2) is 4.59. The molecule has 0 spiro atoms. The summed E-state index contributed by atoms with van der Waals surface area (Å²) in [7, 11) is 1.93. The Morgan fingerprint density at radius 2 is 2.50 bits per heavy atom. The maximum Gasteiger partial charge on any atom is 0.0944 e. The number of hydrogen-bond donors (Lipinski definition) is 1. The van der Waals surface area contributed by atoms with E-state index in [2.05, 4.69) is 19.0 Å². The van der Waals surface area contributed by atoms with Crippen LogP contribution in [0, 0.1) is 0 Å². The monoisotopic (exact) mass is 226 g/mol. The second-order valence-electron chi connectivity index (χ2n) is 2.80. The molecule has 0 aromatic carbocycles. The minimum atomic E-state index is 0.222. The predicted octanol–water partition coefficient (Wildman–Crippen LogP) is 1.50. The highest BCUT2D eigenvalue weighted by Crippen LogP contribution is 2.17. The number of aromatic nitrogens is 3. The van der Waals surface area contributed by atoms with Crippen LogP contribution in [-0.2, 0) is 6.42 Å². The van der Waals surface area contributed by atoms with E-state index in [1.54, 1.807) is 17.5 Å². The molecule has 2 rings (SSSR count). The molecule has 0 aliphatic heterocycles. The third-order valence-corrected chi connectivity index (χ3v) is 3.24. The zero-order chi connectivity index (χ0) is 9.80. The topological polar surface area (TPSA) is 50.7 Å². The molecule has 4 nitrogen and oxygen atoms in total. The lowest BCUT2D eigenvalue weighted by Crippen LogP contribution is -2.18. The summed E-state index contributed by atoms with van der Waals surface area (Å²) in [6.07, 6.45) is 4.50. The Hall–Kier alpha value is -0.850. The Balaban J connectivity index is 2.08. The van der Waals surface area contributed by atoms with Gasteiger partial charge in [0.2, 0.25) is 0 Å². The molecule has 0 bridgehead atoms. The van der Waals surface area contributed by atoms with E-state index in [0.717, 1.165) is 17.1 Å². The van der Waals surface area contributed by atoms with Gasteiger partial charge in [-0.2, -0.15) is 8.75 Å². The molecule has 6 heteroatoms. The van der Waals surface area contributed by atoms with Crippen molar-refractivity contribution in [1.29, 1.82) is 0 Å². The Bertz CT molecular complexity index is 357. The van der Waals surface area contributed by atoms with Gasteiger partial charge < -0.3 is 5.32 Å². The normalized spacial score (nSPS) is 12.9. The van der Waals surface area contributed by atoms with E-state index < -0.39 is 0 Å². The largest absolute Gasteiger partial charge is 0.311 e. The van der Waals surface area contributed by atoms with Gasteiger partial charge in [0, 0.05) is 18.0 Å². The number of hydrogen-bond acceptors (Lipinski definition) is 6. The van der Waals surface area contributed by atoms with Gasteiger partial charge in [0.25, 0.3) is 0 Å². The molecule has 0 amide bonds. The summed E-state index contributed by atoms with van der Waals surface area (Å²) in [5.41, 5.74) is 0.993. The van der Waals surface area contributed by atoms with Crippen molar-refractivity contribution in [2.24, 2.45) is 0 Å². The minimum Gasteiger partial charge on any atom is -0.311 e. The van der Waals surface area contributed by atoms with Crippen LogP contribution in [0.15, 0.2) is 17.8 Å². The van der Waals surface area contributed by atoms with Crippen molar-refractivity contribution in [3.63, 3.8) is 0 Å². The number of thiazole rings is 1. The summed E-state index contributed by atoms with van der Waals surface area (Å²) < 4.78 is 8.21. The molecule has 1 atom stereocenters. The minimum absolute atomic E-state index is 0.222. The van der Waals surface area contributed by atoms with Crippen LogP contribution in [0.1, 0.15) is 16.7 Å². The molecule has 1 N–H and O–H groups in total. The van der Waals surface area contributed by atoms with Crippen molar-refractivity contribution in [2.75, 3.05) is 7.05 Å². The number of nitrogens with one attached hydrogen (secondary N) is 1. The van der Waals surface area contributed by atoms with Gasteiger partial charge in [0.15, 0.2) is 0 Å². The summed E-state index contributed by atoms with van der Waals surface area (Å²) >= 11 is 2.91. The van der Waals surface area contributed by atoms with E-state index in [1.807, 2.05) is 18.6 Å². The van der Waals surface area contributed by atoms with Crippen LogP contribution in [-0.4, -0.2) is 20.8 Å². The molecule has 0 radical (unpaired) electrons. The summed E-state index contributed by atoms with van der Waals surface area (Å²) in [5.74, 6) is 0. The fraction of sp³-hybridized carbons (Fsp3) is 0.375. The van der Waals surface area contributed by atoms with E-state index in [-0.39, 0.29) is 6.04 Å². The number of nitrogens with zero attached hydrogens (tertiary/aromatic N) is 3. The average Bonchev–Trinajstić information content (AvgIpc) is 2.86. The van der Waals surface area contributed by atoms with Gasteiger partial charge >= 0.3 is 0 Å². The zero-order valence-corrected chi connectivity index (χ0v) is 9.31. The summed E-state index contributed by atoms with van der Waals surface area (Å²) in [6.45, 7) is 0. The van der Waals surface area contributed by atoms with Crippen LogP contribution in [0.5, 0.6) is 0 Å². The van der Waals surface area contributed by atoms with E-state index in [4.69, 9.17) is 0 Å². The molecule has 0 fully saturated rings. The van der Waals surface area contributed by atoms with Crippen molar-refractivity contribution in [3.05, 3.63) is 28.5 Å². The highest BCUT2D eigenvalue weighted by Gasteiger charge is 2.13. The Kier molecular flexibility index (Phi) is 3.18. The molecule has 0 saturated carbocycles. The van der Waals surface area contributed by atoms with Gasteiger partial charge in [0.1, 0.15) is 0 Å². The lowest BCUT2D eigenvalue weighted by molar-refractivity contribution is 0.579. The fourth-order valence-electron chi connectivity index (χ4n) is 1.21. The molecule has 2 aromatic heterocycles. The highest BCUT2D eigenvalue weighted by molar-refractivity contribution is 7.09. The van der Waals surface area contributed by atoms with Gasteiger partial charge in [0.05, 0.1) is 34.7 Å². The van der Waals surface area contributed by atoms with Crippen LogP contribution in [0.25, 0.3) is 0 Å². The Labute approximate surface area is 90.4 Å². The standard InChI is InChI=1S/C8H10N4S2/c1-9-6(7-5-11-14-12-7)4-8-10-2-3-13-8/h2-3,5-6,9H,4H2,1H3. The van der Waals surface area contributed by atoms with Crippen molar-refractivity contribution in [3.8, 4) is 0 Å². The highest BCUT2D eigenvalue weighted by atomic mass is 32.1. The maximum atomic E-state index is 4.25. The van der Waals surface area contributed by atoms with Crippen LogP contribution >= 0.6 is 23.1 Å². The first-order valence-corrected chi connectivity index (χ1v) is 5.84. The van der Waals surface area contributed by atoms with Gasteiger partial charge in [-0.05, 0) is 7.05 Å². The second-order valence-corrected chi connectivity index (χ2v) is 4.34. The average molecular weight is 226 g/mol. The quantitative estimate of drug-likeness (QED) is 0.858. The summed E-state index contributed by atoms with van der Waals surface area (Å²) in [6, 6.07) is 0.222. The van der Waals surface area contributed by atoms with Crippen molar-refractivity contribution < 1.29 is 0 Å². The smallest absolute Gasteiger partial charge is 0.0944 e. The van der Waals surface area contributed by atoms with Crippen molar-refractivity contribution in [1.82, 2.24) is 19.0 Å². The van der Waals surface area contributed by atoms with Crippen molar-refractivity contribution >= 4 is 23.1 Å². The molecule has 74 valence electrons. The first-order chi connectivity index (χ1) is 6.90. The molecule has 0 saturated heterocycles.